The summed E-state index contributed by atoms with van der Waals surface area (Å²) < 4.78 is 53.4. The van der Waals surface area contributed by atoms with E-state index in [1.54, 1.807) is 13.0 Å². The normalized spacial score (nSPS) is 13.9. The van der Waals surface area contributed by atoms with Crippen molar-refractivity contribution in [3.05, 3.63) is 90.1 Å². The third-order valence-corrected chi connectivity index (χ3v) is 9.43. The van der Waals surface area contributed by atoms with E-state index in [1.165, 1.54) is 54.6 Å². The highest BCUT2D eigenvalue weighted by Crippen LogP contribution is 2.36. The van der Waals surface area contributed by atoms with E-state index in [1.807, 2.05) is 0 Å². The Morgan fingerprint density at radius 3 is 2.26 bits per heavy atom. The van der Waals surface area contributed by atoms with Crippen molar-refractivity contribution in [1.82, 2.24) is 3.97 Å². The summed E-state index contributed by atoms with van der Waals surface area (Å²) in [6.45, 7) is 8.78. The molecule has 0 bridgehead atoms. The minimum atomic E-state index is -4.25. The van der Waals surface area contributed by atoms with Gasteiger partial charge in [-0.25, -0.2) is 20.8 Å². The van der Waals surface area contributed by atoms with E-state index in [-0.39, 0.29) is 33.8 Å². The van der Waals surface area contributed by atoms with Crippen LogP contribution >= 0.6 is 11.6 Å². The van der Waals surface area contributed by atoms with E-state index in [4.69, 9.17) is 11.6 Å². The van der Waals surface area contributed by atoms with Crippen LogP contribution in [0.5, 0.6) is 0 Å². The molecule has 0 amide bonds. The van der Waals surface area contributed by atoms with Gasteiger partial charge in [-0.15, -0.1) is 13.2 Å². The third kappa shape index (κ3) is 4.68. The summed E-state index contributed by atoms with van der Waals surface area (Å²) in [5.41, 5.74) is 0.679. The summed E-state index contributed by atoms with van der Waals surface area (Å²) in [5.74, 6) is -2.47. The molecule has 2 aromatic carbocycles. The molecule has 2 unspecified atom stereocenters. The molecular weight excluding hydrogens is 498 g/mol. The number of aliphatic carboxylic acids is 1. The molecule has 0 saturated heterocycles. The van der Waals surface area contributed by atoms with E-state index >= 15 is 0 Å². The number of sulfone groups is 1. The summed E-state index contributed by atoms with van der Waals surface area (Å²) in [6.07, 6.45) is 2.68. The van der Waals surface area contributed by atoms with Crippen LogP contribution in [0.4, 0.5) is 0 Å². The zero-order valence-corrected chi connectivity index (χ0v) is 20.8. The Morgan fingerprint density at radius 2 is 1.74 bits per heavy atom. The maximum Gasteiger partial charge on any atom is 0.312 e. The number of fused-ring (bicyclic) bond motifs is 1. The molecule has 1 aromatic heterocycles. The van der Waals surface area contributed by atoms with Crippen molar-refractivity contribution >= 4 is 48.3 Å². The van der Waals surface area contributed by atoms with Crippen LogP contribution in [0.1, 0.15) is 35.8 Å². The molecule has 0 aliphatic heterocycles. The van der Waals surface area contributed by atoms with Crippen molar-refractivity contribution in [2.45, 2.75) is 29.4 Å². The van der Waals surface area contributed by atoms with Gasteiger partial charge in [-0.1, -0.05) is 42.8 Å². The van der Waals surface area contributed by atoms with Gasteiger partial charge in [-0.3, -0.25) is 4.79 Å². The molecule has 3 aromatic rings. The highest BCUT2D eigenvalue weighted by molar-refractivity contribution is 7.91. The van der Waals surface area contributed by atoms with Crippen LogP contribution < -0.4 is 0 Å². The van der Waals surface area contributed by atoms with Gasteiger partial charge < -0.3 is 5.11 Å². The fraction of sp³-hybridized carbons (Fsp3) is 0.208. The first-order chi connectivity index (χ1) is 16.0. The first kappa shape index (κ1) is 25.7. The van der Waals surface area contributed by atoms with Gasteiger partial charge in [0, 0.05) is 16.1 Å². The summed E-state index contributed by atoms with van der Waals surface area (Å²) in [5, 5.41) is 9.35. The Hall–Kier alpha value is -2.88. The van der Waals surface area contributed by atoms with Crippen molar-refractivity contribution in [3.8, 4) is 0 Å². The molecule has 0 aliphatic carbocycles. The number of carboxylic acids is 1. The molecule has 1 N–H and O–H groups in total. The van der Waals surface area contributed by atoms with E-state index in [0.717, 1.165) is 3.97 Å². The summed E-state index contributed by atoms with van der Waals surface area (Å²) in [6, 6.07) is 11.6. The lowest BCUT2D eigenvalue weighted by Crippen LogP contribution is -2.25. The van der Waals surface area contributed by atoms with Gasteiger partial charge >= 0.3 is 5.97 Å². The SMILES string of the molecule is C=CCS(=O)(=O)c1ccc(C(C=C)S(=O)(=O)n2c(C(CC)C(=O)O)cc3cc(Cl)ccc32)cc1. The maximum absolute atomic E-state index is 13.9. The molecule has 0 fully saturated rings. The highest BCUT2D eigenvalue weighted by Gasteiger charge is 2.34. The monoisotopic (exact) mass is 521 g/mol. The highest BCUT2D eigenvalue weighted by atomic mass is 35.5. The van der Waals surface area contributed by atoms with Crippen LogP contribution in [0.3, 0.4) is 0 Å². The first-order valence-electron chi connectivity index (χ1n) is 10.3. The van der Waals surface area contributed by atoms with Crippen molar-refractivity contribution in [2.75, 3.05) is 5.75 Å². The second-order valence-corrected chi connectivity index (χ2v) is 12.0. The van der Waals surface area contributed by atoms with Crippen molar-refractivity contribution in [3.63, 3.8) is 0 Å². The van der Waals surface area contributed by atoms with Crippen LogP contribution in [0.2, 0.25) is 5.02 Å². The van der Waals surface area contributed by atoms with E-state index in [0.29, 0.717) is 10.4 Å². The molecular formula is C24H24ClNO6S2. The fourth-order valence-corrected chi connectivity index (χ4v) is 7.00. The lowest BCUT2D eigenvalue weighted by Gasteiger charge is -2.21. The van der Waals surface area contributed by atoms with Crippen LogP contribution in [0, 0.1) is 0 Å². The molecule has 10 heteroatoms. The second kappa shape index (κ2) is 9.77. The molecule has 0 aliphatic rings. The minimum absolute atomic E-state index is 0.0371. The maximum atomic E-state index is 13.9. The number of benzene rings is 2. The molecule has 7 nitrogen and oxygen atoms in total. The average Bonchev–Trinajstić information content (AvgIpc) is 3.13. The fourth-order valence-electron chi connectivity index (χ4n) is 3.88. The Labute approximate surface area is 204 Å². The van der Waals surface area contributed by atoms with Crippen molar-refractivity contribution in [2.24, 2.45) is 0 Å². The largest absolute Gasteiger partial charge is 0.481 e. The van der Waals surface area contributed by atoms with Crippen LogP contribution in [0.15, 0.2) is 78.7 Å². The van der Waals surface area contributed by atoms with Gasteiger partial charge in [-0.2, -0.15) is 0 Å². The summed E-state index contributed by atoms with van der Waals surface area (Å²) in [7, 11) is -7.83. The summed E-state index contributed by atoms with van der Waals surface area (Å²) in [4.78, 5) is 12.0. The third-order valence-electron chi connectivity index (χ3n) is 5.50. The number of hydrogen-bond acceptors (Lipinski definition) is 5. The molecule has 2 atom stereocenters. The summed E-state index contributed by atoms with van der Waals surface area (Å²) >= 11 is 6.08. The number of aromatic nitrogens is 1. The van der Waals surface area contributed by atoms with Gasteiger partial charge in [-0.05, 0) is 48.4 Å². The zero-order valence-electron chi connectivity index (χ0n) is 18.4. The van der Waals surface area contributed by atoms with E-state index < -0.39 is 37.0 Å². The zero-order chi connectivity index (χ0) is 25.3. The van der Waals surface area contributed by atoms with Gasteiger partial charge in [0.2, 0.25) is 10.0 Å². The predicted molar refractivity (Wildman–Crippen MR) is 134 cm³/mol. The Morgan fingerprint density at radius 1 is 1.09 bits per heavy atom. The minimum Gasteiger partial charge on any atom is -0.481 e. The molecule has 3 rings (SSSR count). The number of carboxylic acid groups (broad SMARTS) is 1. The predicted octanol–water partition coefficient (Wildman–Crippen LogP) is 4.94. The number of carbonyl (C=O) groups is 1. The van der Waals surface area contributed by atoms with Gasteiger partial charge in [0.25, 0.3) is 0 Å². The molecule has 1 heterocycles. The lowest BCUT2D eigenvalue weighted by atomic mass is 10.0. The number of nitrogens with zero attached hydrogens (tertiary/aromatic N) is 1. The number of halogens is 1. The quantitative estimate of drug-likeness (QED) is 0.378. The molecule has 0 saturated carbocycles. The Balaban J connectivity index is 2.22. The number of hydrogen-bond donors (Lipinski definition) is 1. The second-order valence-electron chi connectivity index (χ2n) is 7.68. The van der Waals surface area contributed by atoms with Crippen molar-refractivity contribution in [1.29, 1.82) is 0 Å². The van der Waals surface area contributed by atoms with Gasteiger partial charge in [0.1, 0.15) is 5.25 Å². The van der Waals surface area contributed by atoms with Crippen LogP contribution in [0.25, 0.3) is 10.9 Å². The average molecular weight is 522 g/mol. The van der Waals surface area contributed by atoms with Crippen molar-refractivity contribution < 1.29 is 26.7 Å². The lowest BCUT2D eigenvalue weighted by molar-refractivity contribution is -0.138. The number of rotatable bonds is 10. The molecule has 0 spiro atoms. The topological polar surface area (TPSA) is 111 Å². The van der Waals surface area contributed by atoms with Crippen LogP contribution in [-0.4, -0.2) is 37.6 Å². The van der Waals surface area contributed by atoms with Crippen LogP contribution in [-0.2, 0) is 24.7 Å². The smallest absolute Gasteiger partial charge is 0.312 e. The Bertz CT molecular complexity index is 1470. The van der Waals surface area contributed by atoms with E-state index in [2.05, 4.69) is 13.2 Å². The van der Waals surface area contributed by atoms with Gasteiger partial charge in [0.05, 0.1) is 22.1 Å². The van der Waals surface area contributed by atoms with E-state index in [9.17, 15) is 26.7 Å². The Kier molecular flexibility index (Phi) is 7.40. The molecule has 180 valence electrons. The molecule has 34 heavy (non-hydrogen) atoms. The van der Waals surface area contributed by atoms with Gasteiger partial charge in [0.15, 0.2) is 9.84 Å². The first-order valence-corrected chi connectivity index (χ1v) is 13.9. The standard InChI is InChI=1S/C24H24ClNO6S2/c1-4-13-33(29,30)19-10-7-16(8-11-19)23(6-3)34(31,32)26-21-12-9-18(25)14-17(21)15-22(26)20(5-2)24(27)28/h4,6-12,14-15,20,23H,1,3,5,13H2,2H3,(H,27,28). The molecule has 0 radical (unpaired) electrons.